The molecule has 3 nitrogen and oxygen atoms in total. The number of aromatic nitrogens is 3. The molecule has 10 aromatic carbocycles. The van der Waals surface area contributed by atoms with E-state index in [1.54, 1.807) is 0 Å². The minimum absolute atomic E-state index is 0.164. The Hall–Kier alpha value is -8.40. The second-order valence-electron chi connectivity index (χ2n) is 18.1. The fraction of sp³-hybridized carbons (Fsp3) is 0.0476. The molecule has 0 unspecified atom stereocenters. The van der Waals surface area contributed by atoms with Crippen LogP contribution in [0.1, 0.15) is 25.0 Å². The van der Waals surface area contributed by atoms with Crippen molar-refractivity contribution in [3.8, 4) is 73.0 Å². The highest BCUT2D eigenvalue weighted by molar-refractivity contribution is 6.16. The number of hydrogen-bond donors (Lipinski definition) is 0. The predicted molar refractivity (Wildman–Crippen MR) is 276 cm³/mol. The summed E-state index contributed by atoms with van der Waals surface area (Å²) in [7, 11) is 0. The zero-order chi connectivity index (χ0) is 43.9. The molecule has 0 N–H and O–H groups in total. The lowest BCUT2D eigenvalue weighted by atomic mass is 9.81. The van der Waals surface area contributed by atoms with Gasteiger partial charge in [0, 0.05) is 38.6 Å². The Morgan fingerprint density at radius 1 is 0.364 bits per heavy atom. The van der Waals surface area contributed by atoms with Crippen molar-refractivity contribution >= 4 is 43.4 Å². The van der Waals surface area contributed by atoms with Crippen LogP contribution in [0.2, 0.25) is 0 Å². The third kappa shape index (κ3) is 5.90. The van der Waals surface area contributed by atoms with Gasteiger partial charge in [-0.05, 0) is 109 Å². The first kappa shape index (κ1) is 38.1. The Bertz CT molecular complexity index is 3880. The lowest BCUT2D eigenvalue weighted by molar-refractivity contribution is 0.661. The lowest BCUT2D eigenvalue weighted by Gasteiger charge is -2.22. The monoisotopic (exact) mass is 841 g/mol. The molecule has 0 atom stereocenters. The SMILES string of the molecule is CC1(C)c2cc3ccccc3cc2-c2c(-c3cc(-c4ccc(-c5ccc(-c6cccc7c6c6ccccc6n7-c6ccccc6)cc5)c5ccccc45)nc(-c4ccccc4)n3)cccc21. The van der Waals surface area contributed by atoms with Gasteiger partial charge in [-0.1, -0.05) is 196 Å². The van der Waals surface area contributed by atoms with Crippen LogP contribution < -0.4 is 0 Å². The van der Waals surface area contributed by atoms with Crippen LogP contribution >= 0.6 is 0 Å². The van der Waals surface area contributed by atoms with E-state index in [-0.39, 0.29) is 5.41 Å². The zero-order valence-electron chi connectivity index (χ0n) is 36.7. The first-order valence-electron chi connectivity index (χ1n) is 22.8. The summed E-state index contributed by atoms with van der Waals surface area (Å²) in [5.41, 5.74) is 18.4. The molecule has 0 aliphatic heterocycles. The largest absolute Gasteiger partial charge is 0.309 e. The third-order valence-electron chi connectivity index (χ3n) is 14.0. The molecular weight excluding hydrogens is 799 g/mol. The fourth-order valence-electron chi connectivity index (χ4n) is 10.8. The van der Waals surface area contributed by atoms with E-state index in [2.05, 4.69) is 237 Å². The lowest BCUT2D eigenvalue weighted by Crippen LogP contribution is -2.14. The van der Waals surface area contributed by atoms with Gasteiger partial charge in [-0.15, -0.1) is 0 Å². The molecule has 12 aromatic rings. The number of para-hydroxylation sites is 2. The molecule has 3 heteroatoms. The molecule has 66 heavy (non-hydrogen) atoms. The average molecular weight is 842 g/mol. The van der Waals surface area contributed by atoms with Gasteiger partial charge >= 0.3 is 0 Å². The smallest absolute Gasteiger partial charge is 0.160 e. The number of fused-ring (bicyclic) bond motifs is 8. The van der Waals surface area contributed by atoms with Crippen LogP contribution in [0.3, 0.4) is 0 Å². The molecule has 0 fully saturated rings. The van der Waals surface area contributed by atoms with E-state index in [0.717, 1.165) is 39.2 Å². The minimum atomic E-state index is -0.164. The van der Waals surface area contributed by atoms with E-state index >= 15 is 0 Å². The summed E-state index contributed by atoms with van der Waals surface area (Å²) >= 11 is 0. The summed E-state index contributed by atoms with van der Waals surface area (Å²) < 4.78 is 2.38. The first-order chi connectivity index (χ1) is 32.5. The van der Waals surface area contributed by atoms with Crippen molar-refractivity contribution in [3.63, 3.8) is 0 Å². The molecule has 2 heterocycles. The van der Waals surface area contributed by atoms with Crippen LogP contribution in [-0.4, -0.2) is 14.5 Å². The predicted octanol–water partition coefficient (Wildman–Crippen LogP) is 16.5. The molecule has 0 saturated heterocycles. The second kappa shape index (κ2) is 14.8. The quantitative estimate of drug-likeness (QED) is 0.167. The number of hydrogen-bond acceptors (Lipinski definition) is 2. The maximum atomic E-state index is 5.38. The number of benzene rings is 10. The molecule has 13 rings (SSSR count). The van der Waals surface area contributed by atoms with Gasteiger partial charge < -0.3 is 4.57 Å². The Balaban J connectivity index is 0.941. The second-order valence-corrected chi connectivity index (χ2v) is 18.1. The van der Waals surface area contributed by atoms with Gasteiger partial charge in [0.1, 0.15) is 0 Å². The molecule has 0 bridgehead atoms. The van der Waals surface area contributed by atoms with Crippen LogP contribution in [0.25, 0.3) is 116 Å². The summed E-state index contributed by atoms with van der Waals surface area (Å²) in [6, 6.07) is 81.3. The van der Waals surface area contributed by atoms with Crippen molar-refractivity contribution in [1.82, 2.24) is 14.5 Å². The maximum absolute atomic E-state index is 5.38. The Kier molecular flexibility index (Phi) is 8.56. The normalized spacial score (nSPS) is 12.8. The summed E-state index contributed by atoms with van der Waals surface area (Å²) in [6.45, 7) is 4.70. The molecule has 0 spiro atoms. The third-order valence-corrected chi connectivity index (χ3v) is 14.0. The van der Waals surface area contributed by atoms with Gasteiger partial charge in [-0.3, -0.25) is 0 Å². The minimum Gasteiger partial charge on any atom is -0.309 e. The van der Waals surface area contributed by atoms with Crippen LogP contribution in [-0.2, 0) is 5.41 Å². The van der Waals surface area contributed by atoms with Crippen molar-refractivity contribution in [2.45, 2.75) is 19.3 Å². The molecule has 0 amide bonds. The molecule has 1 aliphatic rings. The van der Waals surface area contributed by atoms with E-state index < -0.39 is 0 Å². The summed E-state index contributed by atoms with van der Waals surface area (Å²) in [5, 5.41) is 7.36. The van der Waals surface area contributed by atoms with Crippen molar-refractivity contribution in [2.24, 2.45) is 0 Å². The van der Waals surface area contributed by atoms with Crippen molar-refractivity contribution in [2.75, 3.05) is 0 Å². The summed E-state index contributed by atoms with van der Waals surface area (Å²) in [6.07, 6.45) is 0. The zero-order valence-corrected chi connectivity index (χ0v) is 36.7. The van der Waals surface area contributed by atoms with E-state index in [1.807, 2.05) is 6.07 Å². The van der Waals surface area contributed by atoms with Gasteiger partial charge in [0.15, 0.2) is 5.82 Å². The Morgan fingerprint density at radius 3 is 1.68 bits per heavy atom. The van der Waals surface area contributed by atoms with Gasteiger partial charge in [0.25, 0.3) is 0 Å². The number of nitrogens with zero attached hydrogens (tertiary/aromatic N) is 3. The topological polar surface area (TPSA) is 30.7 Å². The molecular formula is C63H43N3. The highest BCUT2D eigenvalue weighted by Crippen LogP contribution is 2.53. The van der Waals surface area contributed by atoms with Crippen LogP contribution in [0.5, 0.6) is 0 Å². The standard InChI is InChI=1S/C63H43N3/c1-63(2)54-28-15-27-51(60(54)53-37-43-19-9-10-20-44(43)38-55(53)63)57-39-56(64-62(65-57)42-17-5-3-6-18-42)50-36-35-46(48-23-11-12-24-49(48)50)40-31-33-41(34-32-40)47-26-16-30-59-61(47)52-25-13-14-29-58(52)66(59)45-21-7-4-8-22-45/h3-39H,1-2H3. The van der Waals surface area contributed by atoms with Crippen molar-refractivity contribution in [1.29, 1.82) is 0 Å². The highest BCUT2D eigenvalue weighted by atomic mass is 15.0. The van der Waals surface area contributed by atoms with Gasteiger partial charge in [0.05, 0.1) is 22.4 Å². The molecule has 1 aliphatic carbocycles. The molecule has 0 radical (unpaired) electrons. The van der Waals surface area contributed by atoms with Crippen LogP contribution in [0.15, 0.2) is 224 Å². The van der Waals surface area contributed by atoms with E-state index in [4.69, 9.17) is 9.97 Å². The molecule has 0 saturated carbocycles. The summed E-state index contributed by atoms with van der Waals surface area (Å²) in [4.78, 5) is 10.7. The fourth-order valence-corrected chi connectivity index (χ4v) is 10.8. The Labute approximate surface area is 384 Å². The van der Waals surface area contributed by atoms with E-state index in [0.29, 0.717) is 5.82 Å². The Morgan fingerprint density at radius 2 is 0.924 bits per heavy atom. The van der Waals surface area contributed by atoms with E-state index in [1.165, 1.54) is 82.5 Å². The van der Waals surface area contributed by atoms with Gasteiger partial charge in [0.2, 0.25) is 0 Å². The van der Waals surface area contributed by atoms with Crippen LogP contribution in [0, 0.1) is 0 Å². The average Bonchev–Trinajstić information content (AvgIpc) is 3.83. The van der Waals surface area contributed by atoms with Crippen molar-refractivity contribution < 1.29 is 0 Å². The molecule has 310 valence electrons. The summed E-state index contributed by atoms with van der Waals surface area (Å²) in [5.74, 6) is 0.711. The highest BCUT2D eigenvalue weighted by Gasteiger charge is 2.37. The maximum Gasteiger partial charge on any atom is 0.160 e. The first-order valence-corrected chi connectivity index (χ1v) is 22.8. The van der Waals surface area contributed by atoms with Gasteiger partial charge in [-0.2, -0.15) is 0 Å². The van der Waals surface area contributed by atoms with Crippen LogP contribution in [0.4, 0.5) is 0 Å². The van der Waals surface area contributed by atoms with Gasteiger partial charge in [-0.25, -0.2) is 9.97 Å². The molecule has 2 aromatic heterocycles. The van der Waals surface area contributed by atoms with E-state index in [9.17, 15) is 0 Å². The number of rotatable bonds is 6. The van der Waals surface area contributed by atoms with Crippen molar-refractivity contribution in [3.05, 3.63) is 236 Å².